The quantitative estimate of drug-likeness (QED) is 0.240. The molecular formula is C31H43F3O. The van der Waals surface area contributed by atoms with E-state index in [0.717, 1.165) is 43.6 Å². The van der Waals surface area contributed by atoms with Gasteiger partial charge in [-0.1, -0.05) is 88.8 Å². The van der Waals surface area contributed by atoms with Crippen LogP contribution in [0.2, 0.25) is 0 Å². The van der Waals surface area contributed by atoms with Crippen molar-refractivity contribution in [2.75, 3.05) is 6.61 Å². The van der Waals surface area contributed by atoms with E-state index in [-0.39, 0.29) is 24.4 Å². The van der Waals surface area contributed by atoms with E-state index in [2.05, 4.69) is 13.8 Å². The molecule has 1 saturated carbocycles. The van der Waals surface area contributed by atoms with Crippen LogP contribution in [0.5, 0.6) is 0 Å². The normalized spacial score (nSPS) is 18.7. The SMILES string of the molecule is CCCCCc1ccc(CCOC(F)(F)c2ccc([C@H]3CC[C@H](CCCCC)CC3)cc2)cc1F. The number of hydrogen-bond acceptors (Lipinski definition) is 1. The number of ether oxygens (including phenoxy) is 1. The van der Waals surface area contributed by atoms with Gasteiger partial charge in [0.05, 0.1) is 12.2 Å². The lowest BCUT2D eigenvalue weighted by molar-refractivity contribution is -0.248. The second-order valence-corrected chi connectivity index (χ2v) is 10.3. The van der Waals surface area contributed by atoms with Gasteiger partial charge < -0.3 is 4.74 Å². The molecule has 0 unspecified atom stereocenters. The van der Waals surface area contributed by atoms with E-state index in [1.807, 2.05) is 18.2 Å². The third-order valence-electron chi connectivity index (χ3n) is 7.62. The van der Waals surface area contributed by atoms with E-state index in [1.54, 1.807) is 6.07 Å². The van der Waals surface area contributed by atoms with E-state index in [9.17, 15) is 13.2 Å². The Labute approximate surface area is 210 Å². The van der Waals surface area contributed by atoms with Crippen LogP contribution in [0.15, 0.2) is 42.5 Å². The Morgan fingerprint density at radius 1 is 0.829 bits per heavy atom. The van der Waals surface area contributed by atoms with Crippen molar-refractivity contribution in [3.05, 3.63) is 70.5 Å². The number of aryl methyl sites for hydroxylation is 1. The van der Waals surface area contributed by atoms with Crippen LogP contribution < -0.4 is 0 Å². The summed E-state index contributed by atoms with van der Waals surface area (Å²) in [6.45, 7) is 4.19. The van der Waals surface area contributed by atoms with Crippen molar-refractivity contribution in [3.63, 3.8) is 0 Å². The predicted molar refractivity (Wildman–Crippen MR) is 138 cm³/mol. The molecule has 0 heterocycles. The van der Waals surface area contributed by atoms with Crippen molar-refractivity contribution < 1.29 is 17.9 Å². The van der Waals surface area contributed by atoms with Crippen molar-refractivity contribution in [3.8, 4) is 0 Å². The van der Waals surface area contributed by atoms with Crippen LogP contribution in [0, 0.1) is 11.7 Å². The first kappa shape index (κ1) is 27.8. The molecule has 0 atom stereocenters. The fraction of sp³-hybridized carbons (Fsp3) is 0.613. The van der Waals surface area contributed by atoms with Gasteiger partial charge in [0.1, 0.15) is 5.82 Å². The lowest BCUT2D eigenvalue weighted by Gasteiger charge is -2.29. The van der Waals surface area contributed by atoms with E-state index in [1.165, 1.54) is 56.7 Å². The molecule has 1 aliphatic carbocycles. The second kappa shape index (κ2) is 14.1. The predicted octanol–water partition coefficient (Wildman–Crippen LogP) is 9.72. The van der Waals surface area contributed by atoms with Crippen LogP contribution in [0.3, 0.4) is 0 Å². The van der Waals surface area contributed by atoms with E-state index >= 15 is 0 Å². The Hall–Kier alpha value is -1.81. The van der Waals surface area contributed by atoms with Gasteiger partial charge in [-0.15, -0.1) is 0 Å². The minimum atomic E-state index is -3.35. The molecule has 0 bridgehead atoms. The first-order valence-corrected chi connectivity index (χ1v) is 13.8. The lowest BCUT2D eigenvalue weighted by atomic mass is 9.77. The summed E-state index contributed by atoms with van der Waals surface area (Å²) in [5, 5.41) is 0. The molecule has 4 heteroatoms. The fourth-order valence-corrected chi connectivity index (χ4v) is 5.31. The highest BCUT2D eigenvalue weighted by atomic mass is 19.3. The molecule has 3 rings (SSSR count). The Morgan fingerprint density at radius 2 is 1.51 bits per heavy atom. The van der Waals surface area contributed by atoms with Gasteiger partial charge >= 0.3 is 6.11 Å². The number of rotatable bonds is 14. The largest absolute Gasteiger partial charge is 0.383 e. The van der Waals surface area contributed by atoms with Gasteiger partial charge in [-0.3, -0.25) is 0 Å². The van der Waals surface area contributed by atoms with Gasteiger partial charge in [-0.05, 0) is 79.5 Å². The summed E-state index contributed by atoms with van der Waals surface area (Å²) in [6, 6.07) is 11.8. The van der Waals surface area contributed by atoms with Gasteiger partial charge in [0.15, 0.2) is 0 Å². The maximum atomic E-state index is 14.7. The molecule has 0 radical (unpaired) electrons. The maximum absolute atomic E-state index is 14.7. The Kier molecular flexibility index (Phi) is 11.2. The average Bonchev–Trinajstić information content (AvgIpc) is 2.86. The smallest absolute Gasteiger partial charge is 0.316 e. The Morgan fingerprint density at radius 3 is 2.17 bits per heavy atom. The maximum Gasteiger partial charge on any atom is 0.383 e. The second-order valence-electron chi connectivity index (χ2n) is 10.3. The van der Waals surface area contributed by atoms with Crippen molar-refractivity contribution in [2.24, 2.45) is 5.92 Å². The Bertz CT molecular complexity index is 869. The molecule has 0 aromatic heterocycles. The zero-order chi connectivity index (χ0) is 25.1. The Balaban J connectivity index is 1.46. The highest BCUT2D eigenvalue weighted by molar-refractivity contribution is 5.28. The minimum Gasteiger partial charge on any atom is -0.316 e. The van der Waals surface area contributed by atoms with Gasteiger partial charge in [-0.25, -0.2) is 4.39 Å². The molecule has 0 aliphatic heterocycles. The molecule has 1 nitrogen and oxygen atoms in total. The third kappa shape index (κ3) is 8.66. The number of alkyl halides is 2. The van der Waals surface area contributed by atoms with Crippen molar-refractivity contribution in [2.45, 2.75) is 109 Å². The lowest BCUT2D eigenvalue weighted by Crippen LogP contribution is -2.20. The summed E-state index contributed by atoms with van der Waals surface area (Å²) in [5.41, 5.74) is 2.41. The van der Waals surface area contributed by atoms with Crippen molar-refractivity contribution in [1.82, 2.24) is 0 Å². The standard InChI is InChI=1S/C31H43F3O/c1-3-5-7-9-24-11-14-26(15-12-24)27-17-19-29(20-18-27)31(33,34)35-22-21-25-13-16-28(30(32)23-25)10-8-6-4-2/h13,16-20,23-24,26H,3-12,14-15,21-22H2,1-2H3/t24-,26-. The van der Waals surface area contributed by atoms with Crippen molar-refractivity contribution in [1.29, 1.82) is 0 Å². The van der Waals surface area contributed by atoms with Crippen molar-refractivity contribution >= 4 is 0 Å². The molecule has 0 saturated heterocycles. The van der Waals surface area contributed by atoms with E-state index in [4.69, 9.17) is 4.74 Å². The highest BCUT2D eigenvalue weighted by Crippen LogP contribution is 2.39. The van der Waals surface area contributed by atoms with Crippen LogP contribution in [-0.2, 0) is 23.7 Å². The topological polar surface area (TPSA) is 9.23 Å². The summed E-state index contributed by atoms with van der Waals surface area (Å²) >= 11 is 0. The first-order valence-electron chi connectivity index (χ1n) is 13.8. The molecule has 2 aromatic carbocycles. The molecule has 0 N–H and O–H groups in total. The summed E-state index contributed by atoms with van der Waals surface area (Å²) in [4.78, 5) is 0. The minimum absolute atomic E-state index is 0.119. The summed E-state index contributed by atoms with van der Waals surface area (Å²) in [6.07, 6.45) is 10.8. The average molecular weight is 489 g/mol. The number of benzene rings is 2. The molecular weight excluding hydrogens is 445 g/mol. The van der Waals surface area contributed by atoms with Crippen LogP contribution in [-0.4, -0.2) is 6.61 Å². The molecule has 1 fully saturated rings. The van der Waals surface area contributed by atoms with Crippen LogP contribution in [0.4, 0.5) is 13.2 Å². The summed E-state index contributed by atoms with van der Waals surface area (Å²) < 4.78 is 48.6. The van der Waals surface area contributed by atoms with E-state index < -0.39 is 6.11 Å². The first-order chi connectivity index (χ1) is 16.9. The fourth-order valence-electron chi connectivity index (χ4n) is 5.31. The van der Waals surface area contributed by atoms with Gasteiger partial charge in [-0.2, -0.15) is 8.78 Å². The zero-order valence-corrected chi connectivity index (χ0v) is 21.6. The molecule has 0 amide bonds. The van der Waals surface area contributed by atoms with Gasteiger partial charge in [0.2, 0.25) is 0 Å². The molecule has 194 valence electrons. The number of unbranched alkanes of at least 4 members (excludes halogenated alkanes) is 4. The van der Waals surface area contributed by atoms with Gasteiger partial charge in [0.25, 0.3) is 0 Å². The van der Waals surface area contributed by atoms with E-state index in [0.29, 0.717) is 23.5 Å². The molecule has 0 spiro atoms. The monoisotopic (exact) mass is 488 g/mol. The highest BCUT2D eigenvalue weighted by Gasteiger charge is 2.33. The molecule has 35 heavy (non-hydrogen) atoms. The van der Waals surface area contributed by atoms with Gasteiger partial charge in [0, 0.05) is 0 Å². The molecule has 1 aliphatic rings. The summed E-state index contributed by atoms with van der Waals surface area (Å²) in [5.74, 6) is 1.05. The number of hydrogen-bond donors (Lipinski definition) is 0. The van der Waals surface area contributed by atoms with Crippen LogP contribution in [0.1, 0.15) is 113 Å². The third-order valence-corrected chi connectivity index (χ3v) is 7.62. The summed E-state index contributed by atoms with van der Waals surface area (Å²) in [7, 11) is 0. The number of halogens is 3. The molecule has 2 aromatic rings. The zero-order valence-electron chi connectivity index (χ0n) is 21.6. The van der Waals surface area contributed by atoms with Crippen LogP contribution in [0.25, 0.3) is 0 Å². The van der Waals surface area contributed by atoms with Crippen LogP contribution >= 0.6 is 0 Å².